The molecule has 1 aromatic heterocycles. The fourth-order valence-corrected chi connectivity index (χ4v) is 5.74. The average molecular weight is 422 g/mol. The SMILES string of the molecule is CSCCn1nccc1C(=O)N[C@H](C(=O)O)C(C1CCCCC1)C1CCCCC1. The van der Waals surface area contributed by atoms with Crippen LogP contribution in [0.5, 0.6) is 0 Å². The van der Waals surface area contributed by atoms with Gasteiger partial charge < -0.3 is 10.4 Å². The molecule has 7 heteroatoms. The van der Waals surface area contributed by atoms with Crippen molar-refractivity contribution in [3.8, 4) is 0 Å². The lowest BCUT2D eigenvalue weighted by molar-refractivity contribution is -0.142. The fourth-order valence-electron chi connectivity index (χ4n) is 5.39. The normalized spacial score (nSPS) is 19.9. The molecule has 6 nitrogen and oxygen atoms in total. The Morgan fingerprint density at radius 3 is 2.24 bits per heavy atom. The number of aryl methyl sites for hydroxylation is 1. The molecule has 29 heavy (non-hydrogen) atoms. The first kappa shape index (κ1) is 22.2. The van der Waals surface area contributed by atoms with E-state index in [0.29, 0.717) is 24.1 Å². The van der Waals surface area contributed by atoms with Crippen molar-refractivity contribution in [3.63, 3.8) is 0 Å². The summed E-state index contributed by atoms with van der Waals surface area (Å²) in [6.07, 6.45) is 15.2. The molecule has 0 radical (unpaired) electrons. The zero-order chi connectivity index (χ0) is 20.6. The highest BCUT2D eigenvalue weighted by atomic mass is 32.2. The van der Waals surface area contributed by atoms with Crippen molar-refractivity contribution in [2.24, 2.45) is 17.8 Å². The number of thioether (sulfide) groups is 1. The standard InChI is InChI=1S/C22H35N3O3S/c1-29-15-14-25-18(12-13-23-25)21(26)24-20(22(27)28)19(16-8-4-2-5-9-16)17-10-6-3-7-11-17/h12-13,16-17,19-20H,2-11,14-15H2,1H3,(H,24,26)(H,27,28)/t20-/m0/s1. The van der Waals surface area contributed by atoms with E-state index in [2.05, 4.69) is 10.4 Å². The highest BCUT2D eigenvalue weighted by molar-refractivity contribution is 7.98. The van der Waals surface area contributed by atoms with Crippen LogP contribution in [0, 0.1) is 17.8 Å². The summed E-state index contributed by atoms with van der Waals surface area (Å²) in [5.41, 5.74) is 0.455. The fraction of sp³-hybridized carbons (Fsp3) is 0.773. The number of carbonyl (C=O) groups excluding carboxylic acids is 1. The van der Waals surface area contributed by atoms with Gasteiger partial charge in [-0.1, -0.05) is 64.2 Å². The van der Waals surface area contributed by atoms with E-state index in [9.17, 15) is 14.7 Å². The lowest BCUT2D eigenvalue weighted by Gasteiger charge is -2.41. The molecule has 2 N–H and O–H groups in total. The second kappa shape index (κ2) is 11.0. The molecule has 162 valence electrons. The van der Waals surface area contributed by atoms with Gasteiger partial charge in [-0.2, -0.15) is 16.9 Å². The molecule has 0 bridgehead atoms. The van der Waals surface area contributed by atoms with E-state index in [1.807, 2.05) is 6.26 Å². The van der Waals surface area contributed by atoms with Gasteiger partial charge in [0, 0.05) is 11.9 Å². The van der Waals surface area contributed by atoms with Gasteiger partial charge in [-0.15, -0.1) is 0 Å². The Morgan fingerprint density at radius 2 is 1.72 bits per heavy atom. The molecule has 3 rings (SSSR count). The first-order chi connectivity index (χ1) is 14.1. The highest BCUT2D eigenvalue weighted by Gasteiger charge is 2.41. The summed E-state index contributed by atoms with van der Waals surface area (Å²) in [7, 11) is 0. The monoisotopic (exact) mass is 421 g/mol. The van der Waals surface area contributed by atoms with E-state index in [1.165, 1.54) is 38.5 Å². The number of carbonyl (C=O) groups is 2. The summed E-state index contributed by atoms with van der Waals surface area (Å²) in [4.78, 5) is 25.4. The van der Waals surface area contributed by atoms with Crippen molar-refractivity contribution < 1.29 is 14.7 Å². The molecule has 1 aromatic rings. The molecule has 1 heterocycles. The van der Waals surface area contributed by atoms with Crippen LogP contribution in [-0.4, -0.2) is 44.8 Å². The third kappa shape index (κ3) is 5.77. The maximum absolute atomic E-state index is 13.0. The first-order valence-corrected chi connectivity index (χ1v) is 12.6. The van der Waals surface area contributed by atoms with E-state index in [4.69, 9.17) is 0 Å². The molecular formula is C22H35N3O3S. The summed E-state index contributed by atoms with van der Waals surface area (Å²) in [5, 5.41) is 17.3. The van der Waals surface area contributed by atoms with Gasteiger partial charge in [0.15, 0.2) is 0 Å². The van der Waals surface area contributed by atoms with Gasteiger partial charge in [0.2, 0.25) is 0 Å². The number of aromatic nitrogens is 2. The molecule has 2 aliphatic rings. The van der Waals surface area contributed by atoms with Crippen LogP contribution in [-0.2, 0) is 11.3 Å². The van der Waals surface area contributed by atoms with E-state index in [-0.39, 0.29) is 11.8 Å². The lowest BCUT2D eigenvalue weighted by atomic mass is 9.66. The van der Waals surface area contributed by atoms with E-state index in [1.54, 1.807) is 28.7 Å². The van der Waals surface area contributed by atoms with Gasteiger partial charge >= 0.3 is 5.97 Å². The van der Waals surface area contributed by atoms with Gasteiger partial charge in [0.1, 0.15) is 11.7 Å². The Kier molecular flexibility index (Phi) is 8.45. The lowest BCUT2D eigenvalue weighted by Crippen LogP contribution is -2.51. The number of rotatable bonds is 9. The molecule has 1 atom stereocenters. The van der Waals surface area contributed by atoms with Crippen LogP contribution in [0.2, 0.25) is 0 Å². The molecule has 0 spiro atoms. The number of carboxylic acid groups (broad SMARTS) is 1. The molecular weight excluding hydrogens is 386 g/mol. The molecule has 0 unspecified atom stereocenters. The minimum absolute atomic E-state index is 0.0274. The van der Waals surface area contributed by atoms with Gasteiger partial charge in [-0.05, 0) is 30.1 Å². The smallest absolute Gasteiger partial charge is 0.326 e. The van der Waals surface area contributed by atoms with Gasteiger partial charge in [-0.25, -0.2) is 4.79 Å². The second-order valence-corrected chi connectivity index (χ2v) is 9.58. The number of nitrogens with one attached hydrogen (secondary N) is 1. The number of carboxylic acids is 1. The van der Waals surface area contributed by atoms with Gasteiger partial charge in [-0.3, -0.25) is 9.48 Å². The maximum Gasteiger partial charge on any atom is 0.326 e. The third-order valence-electron chi connectivity index (χ3n) is 6.78. The van der Waals surface area contributed by atoms with Crippen LogP contribution in [0.1, 0.15) is 74.7 Å². The number of nitrogens with zero attached hydrogens (tertiary/aromatic N) is 2. The van der Waals surface area contributed by atoms with Crippen LogP contribution in [0.4, 0.5) is 0 Å². The Bertz CT molecular complexity index is 648. The van der Waals surface area contributed by atoms with Crippen LogP contribution in [0.15, 0.2) is 12.3 Å². The number of amides is 1. The van der Waals surface area contributed by atoms with Crippen molar-refractivity contribution in [1.82, 2.24) is 15.1 Å². The Balaban J connectivity index is 1.80. The van der Waals surface area contributed by atoms with E-state index in [0.717, 1.165) is 31.4 Å². The van der Waals surface area contributed by atoms with Gasteiger partial charge in [0.05, 0.1) is 6.54 Å². The molecule has 2 saturated carbocycles. The Morgan fingerprint density at radius 1 is 1.14 bits per heavy atom. The number of hydrogen-bond donors (Lipinski definition) is 2. The topological polar surface area (TPSA) is 84.2 Å². The minimum atomic E-state index is -0.894. The predicted molar refractivity (Wildman–Crippen MR) is 116 cm³/mol. The van der Waals surface area contributed by atoms with Crippen LogP contribution in [0.25, 0.3) is 0 Å². The molecule has 0 saturated heterocycles. The third-order valence-corrected chi connectivity index (χ3v) is 7.37. The Hall–Kier alpha value is -1.50. The molecule has 1 amide bonds. The minimum Gasteiger partial charge on any atom is -0.480 e. The quantitative estimate of drug-likeness (QED) is 0.624. The summed E-state index contributed by atoms with van der Waals surface area (Å²) < 4.78 is 1.68. The maximum atomic E-state index is 13.0. The zero-order valence-electron chi connectivity index (χ0n) is 17.5. The summed E-state index contributed by atoms with van der Waals surface area (Å²) >= 11 is 1.69. The molecule has 0 aliphatic heterocycles. The van der Waals surface area contributed by atoms with Crippen LogP contribution >= 0.6 is 11.8 Å². The van der Waals surface area contributed by atoms with Crippen molar-refractivity contribution >= 4 is 23.6 Å². The van der Waals surface area contributed by atoms with Crippen molar-refractivity contribution in [2.45, 2.75) is 76.8 Å². The summed E-state index contributed by atoms with van der Waals surface area (Å²) in [6.45, 7) is 0.642. The molecule has 2 aliphatic carbocycles. The zero-order valence-corrected chi connectivity index (χ0v) is 18.3. The first-order valence-electron chi connectivity index (χ1n) is 11.2. The van der Waals surface area contributed by atoms with Gasteiger partial charge in [0.25, 0.3) is 5.91 Å². The van der Waals surface area contributed by atoms with Crippen molar-refractivity contribution in [2.75, 3.05) is 12.0 Å². The van der Waals surface area contributed by atoms with Crippen molar-refractivity contribution in [1.29, 1.82) is 0 Å². The number of hydrogen-bond acceptors (Lipinski definition) is 4. The predicted octanol–water partition coefficient (Wildman–Crippen LogP) is 4.21. The number of aliphatic carboxylic acids is 1. The van der Waals surface area contributed by atoms with E-state index >= 15 is 0 Å². The summed E-state index contributed by atoms with van der Waals surface area (Å²) in [5.74, 6) is 0.475. The second-order valence-electron chi connectivity index (χ2n) is 8.60. The van der Waals surface area contributed by atoms with Crippen LogP contribution < -0.4 is 5.32 Å². The molecule has 2 fully saturated rings. The summed E-state index contributed by atoms with van der Waals surface area (Å²) in [6, 6.07) is 0.864. The largest absolute Gasteiger partial charge is 0.480 e. The van der Waals surface area contributed by atoms with Crippen molar-refractivity contribution in [3.05, 3.63) is 18.0 Å². The van der Waals surface area contributed by atoms with E-state index < -0.39 is 12.0 Å². The Labute approximate surface area is 178 Å². The molecule has 0 aromatic carbocycles. The van der Waals surface area contributed by atoms with Crippen LogP contribution in [0.3, 0.4) is 0 Å². The average Bonchev–Trinajstić information content (AvgIpc) is 3.22. The highest BCUT2D eigenvalue weighted by Crippen LogP contribution is 2.41.